The summed E-state index contributed by atoms with van der Waals surface area (Å²) in [7, 11) is 0. The molecule has 0 unspecified atom stereocenters. The zero-order valence-electron chi connectivity index (χ0n) is 11.1. The summed E-state index contributed by atoms with van der Waals surface area (Å²) in [4.78, 5) is 11.4. The summed E-state index contributed by atoms with van der Waals surface area (Å²) >= 11 is 0. The van der Waals surface area contributed by atoms with E-state index in [1.165, 1.54) is 0 Å². The number of aromatic hydroxyl groups is 1. The van der Waals surface area contributed by atoms with Crippen LogP contribution in [0.3, 0.4) is 0 Å². The molecule has 1 aliphatic carbocycles. The van der Waals surface area contributed by atoms with E-state index in [1.54, 1.807) is 18.2 Å². The second-order valence-electron chi connectivity index (χ2n) is 5.00. The Hall–Kier alpha value is -1.71. The number of carbonyl (C=O) groups is 1. The maximum absolute atomic E-state index is 11.4. The van der Waals surface area contributed by atoms with E-state index in [9.17, 15) is 9.90 Å². The van der Waals surface area contributed by atoms with Gasteiger partial charge in [-0.25, -0.2) is 0 Å². The molecular formula is C15H21NO3. The van der Waals surface area contributed by atoms with Crippen LogP contribution in [0.1, 0.15) is 38.5 Å². The maximum atomic E-state index is 11.4. The first-order chi connectivity index (χ1) is 9.24. The van der Waals surface area contributed by atoms with Crippen molar-refractivity contribution in [1.29, 1.82) is 0 Å². The fraction of sp³-hybridized carbons (Fsp3) is 0.533. The highest BCUT2D eigenvalue weighted by molar-refractivity contribution is 5.76. The van der Waals surface area contributed by atoms with Crippen molar-refractivity contribution in [3.63, 3.8) is 0 Å². The van der Waals surface area contributed by atoms with Crippen LogP contribution in [0.15, 0.2) is 24.3 Å². The third-order valence-electron chi connectivity index (χ3n) is 3.08. The molecule has 0 saturated heterocycles. The van der Waals surface area contributed by atoms with E-state index < -0.39 is 0 Å². The Morgan fingerprint density at radius 2 is 2.16 bits per heavy atom. The highest BCUT2D eigenvalue weighted by Crippen LogP contribution is 2.19. The number of phenols is 1. The first-order valence-corrected chi connectivity index (χ1v) is 6.95. The van der Waals surface area contributed by atoms with Crippen molar-refractivity contribution in [2.24, 2.45) is 0 Å². The number of hydrogen-bond acceptors (Lipinski definition) is 3. The zero-order chi connectivity index (χ0) is 13.5. The van der Waals surface area contributed by atoms with Crippen LogP contribution in [0.25, 0.3) is 0 Å². The van der Waals surface area contributed by atoms with Gasteiger partial charge in [-0.2, -0.15) is 0 Å². The van der Waals surface area contributed by atoms with Crippen LogP contribution in [0.5, 0.6) is 11.5 Å². The van der Waals surface area contributed by atoms with Crippen molar-refractivity contribution in [2.75, 3.05) is 6.61 Å². The van der Waals surface area contributed by atoms with Gasteiger partial charge in [0, 0.05) is 18.5 Å². The molecule has 1 aromatic rings. The largest absolute Gasteiger partial charge is 0.508 e. The second kappa shape index (κ2) is 7.02. The third kappa shape index (κ3) is 5.64. The first-order valence-electron chi connectivity index (χ1n) is 6.95. The zero-order valence-corrected chi connectivity index (χ0v) is 11.1. The molecule has 0 radical (unpaired) electrons. The van der Waals surface area contributed by atoms with E-state index in [0.29, 0.717) is 24.8 Å². The molecule has 0 bridgehead atoms. The van der Waals surface area contributed by atoms with E-state index in [2.05, 4.69) is 5.32 Å². The van der Waals surface area contributed by atoms with Gasteiger partial charge in [0.2, 0.25) is 5.91 Å². The summed E-state index contributed by atoms with van der Waals surface area (Å²) in [6.45, 7) is 0.619. The molecule has 0 atom stereocenters. The molecule has 2 N–H and O–H groups in total. The van der Waals surface area contributed by atoms with E-state index in [1.807, 2.05) is 6.07 Å². The van der Waals surface area contributed by atoms with Gasteiger partial charge in [0.15, 0.2) is 0 Å². The fourth-order valence-electron chi connectivity index (χ4n) is 1.86. The van der Waals surface area contributed by atoms with E-state index in [0.717, 1.165) is 32.1 Å². The average Bonchev–Trinajstić information content (AvgIpc) is 3.17. The minimum absolute atomic E-state index is 0.177. The Bertz CT molecular complexity index is 416. The second-order valence-corrected chi connectivity index (χ2v) is 5.00. The standard InChI is InChI=1S/C15H21NO3/c17-13-5-4-6-14(11-13)19-10-3-1-2-7-15(18)16-12-8-9-12/h4-6,11-12,17H,1-3,7-10H2,(H,16,18). The lowest BCUT2D eigenvalue weighted by Gasteiger charge is -2.06. The van der Waals surface area contributed by atoms with Crippen LogP contribution in [0, 0.1) is 0 Å². The van der Waals surface area contributed by atoms with Crippen molar-refractivity contribution in [1.82, 2.24) is 5.32 Å². The molecule has 1 aliphatic rings. The Labute approximate surface area is 113 Å². The quantitative estimate of drug-likeness (QED) is 0.709. The van der Waals surface area contributed by atoms with Crippen molar-refractivity contribution < 1.29 is 14.6 Å². The normalized spacial score (nSPS) is 14.1. The number of unbranched alkanes of at least 4 members (excludes halogenated alkanes) is 2. The van der Waals surface area contributed by atoms with Gasteiger partial charge in [0.05, 0.1) is 6.61 Å². The van der Waals surface area contributed by atoms with Crippen molar-refractivity contribution in [2.45, 2.75) is 44.6 Å². The molecule has 0 spiro atoms. The Morgan fingerprint density at radius 3 is 2.89 bits per heavy atom. The fourth-order valence-corrected chi connectivity index (χ4v) is 1.86. The molecule has 2 rings (SSSR count). The Morgan fingerprint density at radius 1 is 1.32 bits per heavy atom. The molecule has 1 amide bonds. The first kappa shape index (κ1) is 13.7. The number of nitrogens with one attached hydrogen (secondary N) is 1. The minimum atomic E-state index is 0.177. The van der Waals surface area contributed by atoms with Gasteiger partial charge in [-0.05, 0) is 44.2 Å². The molecule has 0 aliphatic heterocycles. The predicted octanol–water partition coefficient (Wildman–Crippen LogP) is 2.61. The van der Waals surface area contributed by atoms with Crippen LogP contribution in [-0.4, -0.2) is 23.7 Å². The topological polar surface area (TPSA) is 58.6 Å². The summed E-state index contributed by atoms with van der Waals surface area (Å²) in [6.07, 6.45) is 5.71. The number of phenolic OH excluding ortho intramolecular Hbond substituents is 1. The van der Waals surface area contributed by atoms with Gasteiger partial charge in [-0.1, -0.05) is 6.07 Å². The molecule has 104 valence electrons. The maximum Gasteiger partial charge on any atom is 0.220 e. The lowest BCUT2D eigenvalue weighted by molar-refractivity contribution is -0.121. The number of rotatable bonds is 8. The van der Waals surface area contributed by atoms with Crippen LogP contribution >= 0.6 is 0 Å². The number of amides is 1. The van der Waals surface area contributed by atoms with Crippen LogP contribution < -0.4 is 10.1 Å². The van der Waals surface area contributed by atoms with Crippen molar-refractivity contribution >= 4 is 5.91 Å². The van der Waals surface area contributed by atoms with Crippen LogP contribution in [0.4, 0.5) is 0 Å². The predicted molar refractivity (Wildman–Crippen MR) is 73.2 cm³/mol. The van der Waals surface area contributed by atoms with Gasteiger partial charge in [-0.15, -0.1) is 0 Å². The Kier molecular flexibility index (Phi) is 5.07. The lowest BCUT2D eigenvalue weighted by atomic mass is 10.2. The molecule has 4 nitrogen and oxygen atoms in total. The number of hydrogen-bond donors (Lipinski definition) is 2. The summed E-state index contributed by atoms with van der Waals surface area (Å²) in [5.41, 5.74) is 0. The average molecular weight is 263 g/mol. The molecule has 4 heteroatoms. The number of ether oxygens (including phenoxy) is 1. The third-order valence-corrected chi connectivity index (χ3v) is 3.08. The van der Waals surface area contributed by atoms with Crippen molar-refractivity contribution in [3.05, 3.63) is 24.3 Å². The summed E-state index contributed by atoms with van der Waals surface area (Å²) < 4.78 is 5.51. The Balaban J connectivity index is 1.48. The van der Waals surface area contributed by atoms with E-state index >= 15 is 0 Å². The van der Waals surface area contributed by atoms with E-state index in [-0.39, 0.29) is 11.7 Å². The molecular weight excluding hydrogens is 242 g/mol. The summed E-state index contributed by atoms with van der Waals surface area (Å²) in [5, 5.41) is 12.2. The van der Waals surface area contributed by atoms with Gasteiger partial charge in [-0.3, -0.25) is 4.79 Å². The molecule has 0 heterocycles. The summed E-state index contributed by atoms with van der Waals surface area (Å²) in [6, 6.07) is 7.26. The number of carbonyl (C=O) groups excluding carboxylic acids is 1. The van der Waals surface area contributed by atoms with Gasteiger partial charge >= 0.3 is 0 Å². The van der Waals surface area contributed by atoms with E-state index in [4.69, 9.17) is 4.74 Å². The molecule has 1 saturated carbocycles. The molecule has 1 aromatic carbocycles. The van der Waals surface area contributed by atoms with Crippen molar-refractivity contribution in [3.8, 4) is 11.5 Å². The van der Waals surface area contributed by atoms with Crippen LogP contribution in [-0.2, 0) is 4.79 Å². The SMILES string of the molecule is O=C(CCCCCOc1cccc(O)c1)NC1CC1. The highest BCUT2D eigenvalue weighted by atomic mass is 16.5. The van der Waals surface area contributed by atoms with Gasteiger partial charge < -0.3 is 15.2 Å². The molecule has 0 aromatic heterocycles. The number of benzene rings is 1. The highest BCUT2D eigenvalue weighted by Gasteiger charge is 2.22. The molecule has 1 fully saturated rings. The lowest BCUT2D eigenvalue weighted by Crippen LogP contribution is -2.24. The molecule has 19 heavy (non-hydrogen) atoms. The van der Waals surface area contributed by atoms with Gasteiger partial charge in [0.1, 0.15) is 11.5 Å². The monoisotopic (exact) mass is 263 g/mol. The summed E-state index contributed by atoms with van der Waals surface area (Å²) in [5.74, 6) is 1.08. The van der Waals surface area contributed by atoms with Gasteiger partial charge in [0.25, 0.3) is 0 Å². The van der Waals surface area contributed by atoms with Crippen LogP contribution in [0.2, 0.25) is 0 Å². The minimum Gasteiger partial charge on any atom is -0.508 e. The smallest absolute Gasteiger partial charge is 0.220 e.